The molecule has 0 amide bonds. The van der Waals surface area contributed by atoms with Gasteiger partial charge in [-0.05, 0) is 33.6 Å². The minimum Gasteiger partial charge on any atom is -0.298 e. The monoisotopic (exact) mass is 152 g/mol. The third-order valence-electron chi connectivity index (χ3n) is 2.63. The Morgan fingerprint density at radius 3 is 2.18 bits per heavy atom. The van der Waals surface area contributed by atoms with E-state index in [-0.39, 0.29) is 5.41 Å². The summed E-state index contributed by atoms with van der Waals surface area (Å²) in [6.45, 7) is 9.70. The SMILES string of the molecule is C=C(C)C(C)(C)C(=O)C1CC1. The van der Waals surface area contributed by atoms with Crippen molar-refractivity contribution in [2.24, 2.45) is 11.3 Å². The maximum atomic E-state index is 11.6. The van der Waals surface area contributed by atoms with Gasteiger partial charge in [-0.25, -0.2) is 0 Å². The topological polar surface area (TPSA) is 17.1 Å². The van der Waals surface area contributed by atoms with Crippen molar-refractivity contribution >= 4 is 5.78 Å². The summed E-state index contributed by atoms with van der Waals surface area (Å²) >= 11 is 0. The van der Waals surface area contributed by atoms with Crippen molar-refractivity contribution in [3.05, 3.63) is 12.2 Å². The Morgan fingerprint density at radius 1 is 1.45 bits per heavy atom. The summed E-state index contributed by atoms with van der Waals surface area (Å²) in [5, 5.41) is 0. The average Bonchev–Trinajstić information content (AvgIpc) is 2.66. The first kappa shape index (κ1) is 8.51. The highest BCUT2D eigenvalue weighted by atomic mass is 16.1. The molecule has 1 rings (SSSR count). The Bertz CT molecular complexity index is 197. The summed E-state index contributed by atoms with van der Waals surface area (Å²) in [5.74, 6) is 0.728. The standard InChI is InChI=1S/C10H16O/c1-7(2)10(3,4)9(11)8-5-6-8/h8H,1,5-6H2,2-4H3. The summed E-state index contributed by atoms with van der Waals surface area (Å²) in [4.78, 5) is 11.6. The number of carbonyl (C=O) groups excluding carboxylic acids is 1. The van der Waals surface area contributed by atoms with Gasteiger partial charge in [0.05, 0.1) is 0 Å². The van der Waals surface area contributed by atoms with Crippen LogP contribution < -0.4 is 0 Å². The van der Waals surface area contributed by atoms with Crippen molar-refractivity contribution in [1.82, 2.24) is 0 Å². The van der Waals surface area contributed by atoms with Gasteiger partial charge >= 0.3 is 0 Å². The molecular formula is C10H16O. The zero-order chi connectivity index (χ0) is 8.65. The minimum absolute atomic E-state index is 0.291. The van der Waals surface area contributed by atoms with E-state index in [0.29, 0.717) is 11.7 Å². The van der Waals surface area contributed by atoms with Crippen LogP contribution in [0.4, 0.5) is 0 Å². The Balaban J connectivity index is 2.69. The van der Waals surface area contributed by atoms with Gasteiger partial charge in [0.25, 0.3) is 0 Å². The molecule has 0 N–H and O–H groups in total. The normalized spacial score (nSPS) is 18.1. The van der Waals surface area contributed by atoms with E-state index >= 15 is 0 Å². The summed E-state index contributed by atoms with van der Waals surface area (Å²) in [6, 6.07) is 0. The van der Waals surface area contributed by atoms with Crippen LogP contribution in [-0.4, -0.2) is 5.78 Å². The van der Waals surface area contributed by atoms with E-state index < -0.39 is 0 Å². The zero-order valence-electron chi connectivity index (χ0n) is 7.61. The molecule has 0 aromatic carbocycles. The molecule has 0 radical (unpaired) electrons. The van der Waals surface area contributed by atoms with E-state index in [1.54, 1.807) is 0 Å². The predicted octanol–water partition coefficient (Wildman–Crippen LogP) is 2.57. The highest BCUT2D eigenvalue weighted by Gasteiger charge is 2.39. The van der Waals surface area contributed by atoms with Gasteiger partial charge in [0.15, 0.2) is 0 Å². The molecule has 0 aromatic rings. The van der Waals surface area contributed by atoms with Gasteiger partial charge in [0.1, 0.15) is 5.78 Å². The largest absolute Gasteiger partial charge is 0.298 e. The van der Waals surface area contributed by atoms with Crippen LogP contribution in [0.5, 0.6) is 0 Å². The molecular weight excluding hydrogens is 136 g/mol. The number of rotatable bonds is 3. The molecule has 0 heterocycles. The van der Waals surface area contributed by atoms with Crippen LogP contribution in [0.2, 0.25) is 0 Å². The zero-order valence-corrected chi connectivity index (χ0v) is 7.61. The first-order chi connectivity index (χ1) is 4.96. The van der Waals surface area contributed by atoms with E-state index in [1.807, 2.05) is 20.8 Å². The first-order valence-corrected chi connectivity index (χ1v) is 4.16. The van der Waals surface area contributed by atoms with Crippen LogP contribution in [-0.2, 0) is 4.79 Å². The summed E-state index contributed by atoms with van der Waals surface area (Å²) in [6.07, 6.45) is 2.19. The maximum absolute atomic E-state index is 11.6. The minimum atomic E-state index is -0.291. The fraction of sp³-hybridized carbons (Fsp3) is 0.700. The fourth-order valence-electron chi connectivity index (χ4n) is 1.07. The van der Waals surface area contributed by atoms with E-state index in [9.17, 15) is 4.79 Å². The molecule has 0 aromatic heterocycles. The molecule has 1 nitrogen and oxygen atoms in total. The molecule has 1 heteroatoms. The molecule has 62 valence electrons. The molecule has 0 atom stereocenters. The molecule has 1 aliphatic rings. The first-order valence-electron chi connectivity index (χ1n) is 4.16. The summed E-state index contributed by atoms with van der Waals surface area (Å²) in [5.41, 5.74) is 0.690. The van der Waals surface area contributed by atoms with Crippen molar-refractivity contribution in [3.63, 3.8) is 0 Å². The number of ketones is 1. The van der Waals surface area contributed by atoms with Crippen LogP contribution in [0, 0.1) is 11.3 Å². The predicted molar refractivity (Wildman–Crippen MR) is 46.3 cm³/mol. The fourth-order valence-corrected chi connectivity index (χ4v) is 1.07. The van der Waals surface area contributed by atoms with E-state index in [4.69, 9.17) is 0 Å². The highest BCUT2D eigenvalue weighted by molar-refractivity contribution is 5.90. The average molecular weight is 152 g/mol. The van der Waals surface area contributed by atoms with Gasteiger partial charge in [-0.1, -0.05) is 12.2 Å². The Hall–Kier alpha value is -0.590. The van der Waals surface area contributed by atoms with Crippen molar-refractivity contribution in [2.75, 3.05) is 0 Å². The van der Waals surface area contributed by atoms with Crippen molar-refractivity contribution < 1.29 is 4.79 Å². The second-order valence-corrected chi connectivity index (χ2v) is 4.04. The summed E-state index contributed by atoms with van der Waals surface area (Å²) < 4.78 is 0. The highest BCUT2D eigenvalue weighted by Crippen LogP contribution is 2.39. The van der Waals surface area contributed by atoms with Gasteiger partial charge in [-0.3, -0.25) is 4.79 Å². The number of allylic oxidation sites excluding steroid dienone is 1. The molecule has 11 heavy (non-hydrogen) atoms. The van der Waals surface area contributed by atoms with Gasteiger partial charge in [0, 0.05) is 11.3 Å². The quantitative estimate of drug-likeness (QED) is 0.568. The number of Topliss-reactive ketones (excluding diaryl/α,β-unsaturated/α-hetero) is 1. The molecule has 0 bridgehead atoms. The van der Waals surface area contributed by atoms with Gasteiger partial charge in [-0.2, -0.15) is 0 Å². The van der Waals surface area contributed by atoms with Crippen molar-refractivity contribution in [1.29, 1.82) is 0 Å². The molecule has 1 fully saturated rings. The van der Waals surface area contributed by atoms with Crippen LogP contribution in [0.25, 0.3) is 0 Å². The molecule has 1 saturated carbocycles. The number of hydrogen-bond donors (Lipinski definition) is 0. The van der Waals surface area contributed by atoms with E-state index in [1.165, 1.54) is 0 Å². The third-order valence-corrected chi connectivity index (χ3v) is 2.63. The van der Waals surface area contributed by atoms with Crippen molar-refractivity contribution in [2.45, 2.75) is 33.6 Å². The molecule has 0 aliphatic heterocycles. The lowest BCUT2D eigenvalue weighted by atomic mass is 9.80. The lowest BCUT2D eigenvalue weighted by Crippen LogP contribution is -2.26. The maximum Gasteiger partial charge on any atom is 0.145 e. The Labute approximate surface area is 68.5 Å². The van der Waals surface area contributed by atoms with Crippen molar-refractivity contribution in [3.8, 4) is 0 Å². The van der Waals surface area contributed by atoms with Crippen LogP contribution >= 0.6 is 0 Å². The van der Waals surface area contributed by atoms with Gasteiger partial charge in [0.2, 0.25) is 0 Å². The molecule has 0 saturated heterocycles. The molecule has 0 unspecified atom stereocenters. The van der Waals surface area contributed by atoms with E-state index in [2.05, 4.69) is 6.58 Å². The molecule has 0 spiro atoms. The smallest absolute Gasteiger partial charge is 0.145 e. The lowest BCUT2D eigenvalue weighted by molar-refractivity contribution is -0.126. The van der Waals surface area contributed by atoms with Crippen LogP contribution in [0.15, 0.2) is 12.2 Å². The second kappa shape index (κ2) is 2.47. The Kier molecular flexibility index (Phi) is 1.91. The summed E-state index contributed by atoms with van der Waals surface area (Å²) in [7, 11) is 0. The van der Waals surface area contributed by atoms with Crippen LogP contribution in [0.1, 0.15) is 33.6 Å². The van der Waals surface area contributed by atoms with Gasteiger partial charge < -0.3 is 0 Å². The van der Waals surface area contributed by atoms with Crippen LogP contribution in [0.3, 0.4) is 0 Å². The molecule has 1 aliphatic carbocycles. The van der Waals surface area contributed by atoms with Gasteiger partial charge in [-0.15, -0.1) is 0 Å². The number of hydrogen-bond acceptors (Lipinski definition) is 1. The third kappa shape index (κ3) is 1.52. The number of carbonyl (C=O) groups is 1. The van der Waals surface area contributed by atoms with E-state index in [0.717, 1.165) is 18.4 Å². The Morgan fingerprint density at radius 2 is 1.91 bits per heavy atom. The lowest BCUT2D eigenvalue weighted by Gasteiger charge is -2.23. The second-order valence-electron chi connectivity index (χ2n) is 4.04.